The summed E-state index contributed by atoms with van der Waals surface area (Å²) in [5.74, 6) is -0.901. The Balaban J connectivity index is 2.62. The lowest BCUT2D eigenvalue weighted by Gasteiger charge is -2.30. The maximum absolute atomic E-state index is 12.2. The van der Waals surface area contributed by atoms with Crippen LogP contribution in [0.2, 0.25) is 0 Å². The van der Waals surface area contributed by atoms with E-state index in [4.69, 9.17) is 5.26 Å². The van der Waals surface area contributed by atoms with Gasteiger partial charge >= 0.3 is 5.97 Å². The number of fused-ring (bicyclic) bond motifs is 1. The van der Waals surface area contributed by atoms with E-state index in [9.17, 15) is 9.59 Å². The van der Waals surface area contributed by atoms with Gasteiger partial charge in [-0.15, -0.1) is 0 Å². The van der Waals surface area contributed by atoms with Crippen LogP contribution in [0.15, 0.2) is 6.07 Å². The van der Waals surface area contributed by atoms with Gasteiger partial charge in [0.25, 0.3) is 0 Å². The molecule has 0 saturated carbocycles. The lowest BCUT2D eigenvalue weighted by molar-refractivity contribution is -0.182. The Morgan fingerprint density at radius 3 is 2.60 bits per heavy atom. The maximum Gasteiger partial charge on any atom is 0.374 e. The van der Waals surface area contributed by atoms with Crippen molar-refractivity contribution in [2.75, 3.05) is 0 Å². The summed E-state index contributed by atoms with van der Waals surface area (Å²) in [5, 5.41) is 8.59. The van der Waals surface area contributed by atoms with Crippen molar-refractivity contribution in [2.24, 2.45) is 5.41 Å². The zero-order valence-corrected chi connectivity index (χ0v) is 12.2. The molecular formula is C15H19NO4. The highest BCUT2D eigenvalue weighted by Gasteiger charge is 2.34. The Kier molecular flexibility index (Phi) is 3.65. The summed E-state index contributed by atoms with van der Waals surface area (Å²) < 4.78 is 0. The van der Waals surface area contributed by atoms with Crippen LogP contribution in [-0.4, -0.2) is 22.0 Å². The molecule has 0 unspecified atom stereocenters. The Labute approximate surface area is 117 Å². The van der Waals surface area contributed by atoms with Crippen LogP contribution in [0.5, 0.6) is 0 Å². The van der Waals surface area contributed by atoms with Crippen LogP contribution >= 0.6 is 0 Å². The van der Waals surface area contributed by atoms with Gasteiger partial charge in [0.1, 0.15) is 0 Å². The third-order valence-corrected chi connectivity index (χ3v) is 3.57. The Morgan fingerprint density at radius 1 is 1.40 bits per heavy atom. The molecule has 1 aromatic rings. The second-order valence-electron chi connectivity index (χ2n) is 6.39. The molecule has 0 radical (unpaired) electrons. The van der Waals surface area contributed by atoms with Crippen LogP contribution in [-0.2, 0) is 11.3 Å². The van der Waals surface area contributed by atoms with E-state index < -0.39 is 5.97 Å². The molecule has 108 valence electrons. The molecule has 0 fully saturated rings. The van der Waals surface area contributed by atoms with E-state index in [2.05, 4.69) is 9.87 Å². The van der Waals surface area contributed by atoms with E-state index in [0.29, 0.717) is 24.1 Å². The largest absolute Gasteiger partial charge is 0.374 e. The van der Waals surface area contributed by atoms with Crippen molar-refractivity contribution in [3.05, 3.63) is 28.6 Å². The molecule has 5 heteroatoms. The number of Topliss-reactive ketones (excluding diaryl/α,β-unsaturated/α-hetero) is 1. The quantitative estimate of drug-likeness (QED) is 0.664. The molecule has 1 aliphatic rings. The van der Waals surface area contributed by atoms with Crippen molar-refractivity contribution < 1.29 is 19.7 Å². The molecule has 1 heterocycles. The SMILES string of the molecule is CC(C)c1nc2c(cc1C(=O)OO)C(=O)CC(C)(C)C2. The first-order chi connectivity index (χ1) is 9.25. The first-order valence-corrected chi connectivity index (χ1v) is 6.68. The molecule has 0 atom stereocenters. The maximum atomic E-state index is 12.2. The molecule has 0 aliphatic heterocycles. The number of rotatable bonds is 2. The van der Waals surface area contributed by atoms with E-state index in [-0.39, 0.29) is 22.7 Å². The van der Waals surface area contributed by atoms with Crippen molar-refractivity contribution in [3.8, 4) is 0 Å². The van der Waals surface area contributed by atoms with Gasteiger partial charge in [0, 0.05) is 12.0 Å². The van der Waals surface area contributed by atoms with Crippen LogP contribution in [0.1, 0.15) is 72.1 Å². The molecule has 1 aromatic heterocycles. The normalized spacial score (nSPS) is 17.0. The molecule has 5 nitrogen and oxygen atoms in total. The molecular weight excluding hydrogens is 258 g/mol. The van der Waals surface area contributed by atoms with E-state index in [1.165, 1.54) is 6.07 Å². The van der Waals surface area contributed by atoms with Gasteiger partial charge in [-0.05, 0) is 23.8 Å². The first kappa shape index (κ1) is 14.7. The molecule has 1 N–H and O–H groups in total. The van der Waals surface area contributed by atoms with Crippen LogP contribution in [0.25, 0.3) is 0 Å². The summed E-state index contributed by atoms with van der Waals surface area (Å²) in [6.07, 6.45) is 1.12. The second kappa shape index (κ2) is 4.98. The zero-order valence-electron chi connectivity index (χ0n) is 12.2. The number of pyridine rings is 1. The van der Waals surface area contributed by atoms with Crippen molar-refractivity contribution >= 4 is 11.8 Å². The van der Waals surface area contributed by atoms with Gasteiger partial charge in [-0.1, -0.05) is 27.7 Å². The smallest absolute Gasteiger partial charge is 0.295 e. The van der Waals surface area contributed by atoms with Gasteiger partial charge in [-0.25, -0.2) is 4.79 Å². The standard InChI is InChI=1S/C15H19NO4/c1-8(2)13-10(14(18)20-19)5-9-11(16-13)6-15(3,4)7-12(9)17/h5,8,19H,6-7H2,1-4H3. The van der Waals surface area contributed by atoms with Crippen LogP contribution in [0, 0.1) is 5.41 Å². The molecule has 1 aliphatic carbocycles. The average Bonchev–Trinajstić information content (AvgIpc) is 2.35. The van der Waals surface area contributed by atoms with Gasteiger partial charge < -0.3 is 0 Å². The van der Waals surface area contributed by atoms with E-state index in [0.717, 1.165) is 5.69 Å². The average molecular weight is 277 g/mol. The fraction of sp³-hybridized carbons (Fsp3) is 0.533. The number of hydrogen-bond donors (Lipinski definition) is 1. The highest BCUT2D eigenvalue weighted by molar-refractivity contribution is 6.01. The van der Waals surface area contributed by atoms with E-state index in [1.807, 2.05) is 27.7 Å². The Morgan fingerprint density at radius 2 is 2.05 bits per heavy atom. The van der Waals surface area contributed by atoms with Gasteiger partial charge in [-0.2, -0.15) is 5.26 Å². The summed E-state index contributed by atoms with van der Waals surface area (Å²) in [6, 6.07) is 1.51. The van der Waals surface area contributed by atoms with Gasteiger partial charge in [-0.3, -0.25) is 14.7 Å². The first-order valence-electron chi connectivity index (χ1n) is 6.68. The third kappa shape index (κ3) is 2.58. The van der Waals surface area contributed by atoms with E-state index in [1.54, 1.807) is 0 Å². The zero-order chi connectivity index (χ0) is 15.1. The Bertz CT molecular complexity index is 575. The van der Waals surface area contributed by atoms with Gasteiger partial charge in [0.05, 0.1) is 17.0 Å². The molecule has 20 heavy (non-hydrogen) atoms. The van der Waals surface area contributed by atoms with E-state index >= 15 is 0 Å². The summed E-state index contributed by atoms with van der Waals surface area (Å²) in [6.45, 7) is 7.86. The lowest BCUT2D eigenvalue weighted by Crippen LogP contribution is -2.29. The minimum Gasteiger partial charge on any atom is -0.295 e. The van der Waals surface area contributed by atoms with Crippen molar-refractivity contribution in [3.63, 3.8) is 0 Å². The number of carbonyl (C=O) groups is 2. The summed E-state index contributed by atoms with van der Waals surface area (Å²) in [5.41, 5.74) is 1.78. The molecule has 0 spiro atoms. The van der Waals surface area contributed by atoms with Gasteiger partial charge in [0.15, 0.2) is 5.78 Å². The van der Waals surface area contributed by atoms with Crippen LogP contribution in [0.4, 0.5) is 0 Å². The van der Waals surface area contributed by atoms with Crippen molar-refractivity contribution in [2.45, 2.75) is 46.5 Å². The molecule has 0 aromatic carbocycles. The number of aromatic nitrogens is 1. The minimum atomic E-state index is -0.873. The Hall–Kier alpha value is -1.75. The monoisotopic (exact) mass is 277 g/mol. The highest BCUT2D eigenvalue weighted by Crippen LogP contribution is 2.35. The number of carbonyl (C=O) groups excluding carboxylic acids is 2. The van der Waals surface area contributed by atoms with Gasteiger partial charge in [0.2, 0.25) is 0 Å². The molecule has 0 amide bonds. The van der Waals surface area contributed by atoms with Crippen molar-refractivity contribution in [1.82, 2.24) is 4.98 Å². The fourth-order valence-electron chi connectivity index (χ4n) is 2.64. The lowest BCUT2D eigenvalue weighted by atomic mass is 9.75. The predicted octanol–water partition coefficient (Wildman–Crippen LogP) is 2.99. The second-order valence-corrected chi connectivity index (χ2v) is 6.39. The van der Waals surface area contributed by atoms with Crippen LogP contribution in [0.3, 0.4) is 0 Å². The molecule has 2 rings (SSSR count). The topological polar surface area (TPSA) is 76.5 Å². The summed E-state index contributed by atoms with van der Waals surface area (Å²) in [4.78, 5) is 32.1. The number of nitrogens with zero attached hydrogens (tertiary/aromatic N) is 1. The number of ketones is 1. The van der Waals surface area contributed by atoms with Crippen molar-refractivity contribution in [1.29, 1.82) is 0 Å². The van der Waals surface area contributed by atoms with Crippen LogP contribution < -0.4 is 0 Å². The highest BCUT2D eigenvalue weighted by atomic mass is 17.1. The molecule has 0 saturated heterocycles. The minimum absolute atomic E-state index is 0.00505. The summed E-state index contributed by atoms with van der Waals surface area (Å²) in [7, 11) is 0. The summed E-state index contributed by atoms with van der Waals surface area (Å²) >= 11 is 0. The number of hydrogen-bond acceptors (Lipinski definition) is 5. The third-order valence-electron chi connectivity index (χ3n) is 3.57. The fourth-order valence-corrected chi connectivity index (χ4v) is 2.64. The molecule has 0 bridgehead atoms. The predicted molar refractivity (Wildman–Crippen MR) is 72.8 cm³/mol.